The third-order valence-electron chi connectivity index (χ3n) is 4.32. The largest absolute Gasteiger partial charge is 0.508 e. The van der Waals surface area contributed by atoms with Crippen molar-refractivity contribution in [3.8, 4) is 11.5 Å². The number of hydrogen-bond acceptors (Lipinski definition) is 6. The average Bonchev–Trinajstić information content (AvgIpc) is 2.64. The van der Waals surface area contributed by atoms with Crippen molar-refractivity contribution in [3.05, 3.63) is 56.5 Å². The van der Waals surface area contributed by atoms with E-state index in [1.165, 1.54) is 12.1 Å². The van der Waals surface area contributed by atoms with E-state index in [2.05, 4.69) is 31.9 Å². The predicted octanol–water partition coefficient (Wildman–Crippen LogP) is 3.09. The summed E-state index contributed by atoms with van der Waals surface area (Å²) in [5, 5.41) is 38.6. The summed E-state index contributed by atoms with van der Waals surface area (Å²) in [6.45, 7) is 0.325. The molecule has 0 atom stereocenters. The summed E-state index contributed by atoms with van der Waals surface area (Å²) in [6, 6.07) is 9.81. The second-order valence-electron chi connectivity index (χ2n) is 6.75. The van der Waals surface area contributed by atoms with Crippen molar-refractivity contribution in [2.75, 3.05) is 26.2 Å². The van der Waals surface area contributed by atoms with Gasteiger partial charge in [0.1, 0.15) is 11.5 Å². The molecular weight excluding hydrogens is 623 g/mol. The van der Waals surface area contributed by atoms with Crippen LogP contribution in [0.4, 0.5) is 0 Å². The van der Waals surface area contributed by atoms with Gasteiger partial charge in [-0.2, -0.15) is 0 Å². The minimum atomic E-state index is -1.03. The van der Waals surface area contributed by atoms with E-state index in [0.717, 1.165) is 8.95 Å². The van der Waals surface area contributed by atoms with Crippen molar-refractivity contribution in [3.63, 3.8) is 0 Å². The molecule has 11 heteroatoms. The van der Waals surface area contributed by atoms with E-state index in [0.29, 0.717) is 11.1 Å². The molecule has 0 bridgehead atoms. The molecule has 1 radical (unpaired) electrons. The molecule has 0 spiro atoms. The van der Waals surface area contributed by atoms with E-state index < -0.39 is 11.9 Å². The molecule has 31 heavy (non-hydrogen) atoms. The van der Waals surface area contributed by atoms with Crippen LogP contribution in [-0.4, -0.2) is 68.3 Å². The molecule has 0 aliphatic carbocycles. The van der Waals surface area contributed by atoms with Gasteiger partial charge in [0.05, 0.1) is 13.1 Å². The van der Waals surface area contributed by atoms with Gasteiger partial charge in [0.25, 0.3) is 0 Å². The van der Waals surface area contributed by atoms with Crippen LogP contribution in [0.15, 0.2) is 45.3 Å². The number of nitrogens with zero attached hydrogens (tertiary/aromatic N) is 2. The second kappa shape index (κ2) is 13.1. The van der Waals surface area contributed by atoms with Crippen molar-refractivity contribution in [1.82, 2.24) is 9.80 Å². The summed E-state index contributed by atoms with van der Waals surface area (Å²) < 4.78 is 1.51. The van der Waals surface area contributed by atoms with E-state index in [-0.39, 0.29) is 70.9 Å². The van der Waals surface area contributed by atoms with E-state index in [1.54, 1.807) is 34.1 Å². The van der Waals surface area contributed by atoms with Crippen molar-refractivity contribution < 1.29 is 50.1 Å². The molecule has 169 valence electrons. The van der Waals surface area contributed by atoms with Crippen LogP contribution < -0.4 is 0 Å². The summed E-state index contributed by atoms with van der Waals surface area (Å²) in [5.41, 5.74) is 1.11. The molecule has 4 N–H and O–H groups in total. The summed E-state index contributed by atoms with van der Waals surface area (Å²) in [7, 11) is 0. The van der Waals surface area contributed by atoms with Gasteiger partial charge >= 0.3 is 11.9 Å². The summed E-state index contributed by atoms with van der Waals surface area (Å²) in [5.74, 6) is -1.96. The molecule has 0 saturated carbocycles. The van der Waals surface area contributed by atoms with Crippen LogP contribution in [-0.2, 0) is 42.8 Å². The normalized spacial score (nSPS) is 10.8. The number of aromatic hydroxyl groups is 2. The zero-order valence-corrected chi connectivity index (χ0v) is 21.4. The Hall–Kier alpha value is -1.49. The number of phenolic OH excluding ortho intramolecular Hbond substituents is 2. The first-order valence-corrected chi connectivity index (χ1v) is 10.6. The smallest absolute Gasteiger partial charge is 0.317 e. The fourth-order valence-electron chi connectivity index (χ4n) is 2.94. The first kappa shape index (κ1) is 27.5. The van der Waals surface area contributed by atoms with Gasteiger partial charge in [0.15, 0.2) is 0 Å². The average molecular weight is 645 g/mol. The molecule has 2 aromatic rings. The standard InChI is InChI=1S/C20H22Br2N2O6.Tc/c21-15-1-3-17(25)13(7-15)9-23(11-19(27)28)5-6-24(12-20(29)30)10-14-8-16(22)2-4-18(14)26;/h1-4,7-8,25-26H,5-6,9-12H2,(H,27,28)(H,29,30);/i;1+1. The Balaban J connectivity index is 0.00000480. The van der Waals surface area contributed by atoms with Crippen LogP contribution in [0.5, 0.6) is 11.5 Å². The number of phenols is 2. The number of carboxylic acids is 2. The number of hydrogen-bond donors (Lipinski definition) is 4. The van der Waals surface area contributed by atoms with Crippen molar-refractivity contribution in [2.45, 2.75) is 13.1 Å². The molecular formula is C20H22Br2N2O6Tc. The molecule has 0 unspecified atom stereocenters. The summed E-state index contributed by atoms with van der Waals surface area (Å²) in [6.07, 6.45) is 0. The van der Waals surface area contributed by atoms with Crippen LogP contribution in [0.25, 0.3) is 0 Å². The van der Waals surface area contributed by atoms with Crippen LogP contribution in [0.3, 0.4) is 0 Å². The Labute approximate surface area is 210 Å². The SMILES string of the molecule is O=C(O)CN(CCN(CC(=O)O)Cc1cc(Br)ccc1O)Cc1cc(Br)ccc1O.[99Tc]. The van der Waals surface area contributed by atoms with Crippen molar-refractivity contribution in [1.29, 1.82) is 0 Å². The molecule has 2 aromatic carbocycles. The topological polar surface area (TPSA) is 122 Å². The molecule has 0 fully saturated rings. The summed E-state index contributed by atoms with van der Waals surface area (Å²) in [4.78, 5) is 25.8. The van der Waals surface area contributed by atoms with Crippen LogP contribution in [0.1, 0.15) is 11.1 Å². The molecule has 0 aromatic heterocycles. The Morgan fingerprint density at radius 1 is 0.742 bits per heavy atom. The number of halogens is 2. The molecule has 8 nitrogen and oxygen atoms in total. The first-order valence-electron chi connectivity index (χ1n) is 8.97. The minimum Gasteiger partial charge on any atom is -0.508 e. The molecule has 0 heterocycles. The maximum Gasteiger partial charge on any atom is 0.317 e. The fourth-order valence-corrected chi connectivity index (χ4v) is 3.75. The van der Waals surface area contributed by atoms with Gasteiger partial charge in [-0.25, -0.2) is 0 Å². The number of carbonyl (C=O) groups is 2. The molecule has 0 amide bonds. The van der Waals surface area contributed by atoms with Gasteiger partial charge in [-0.1, -0.05) is 31.9 Å². The number of benzene rings is 2. The van der Waals surface area contributed by atoms with Gasteiger partial charge < -0.3 is 20.4 Å². The van der Waals surface area contributed by atoms with E-state index in [1.807, 2.05) is 0 Å². The van der Waals surface area contributed by atoms with Gasteiger partial charge in [-0.15, -0.1) is 0 Å². The third kappa shape index (κ3) is 9.67. The van der Waals surface area contributed by atoms with Crippen LogP contribution >= 0.6 is 31.9 Å². The Morgan fingerprint density at radius 2 is 1.10 bits per heavy atom. The zero-order valence-electron chi connectivity index (χ0n) is 16.3. The van der Waals surface area contributed by atoms with Gasteiger partial charge in [0, 0.05) is 66.4 Å². The Morgan fingerprint density at radius 3 is 1.42 bits per heavy atom. The predicted molar refractivity (Wildman–Crippen MR) is 117 cm³/mol. The number of carboxylic acid groups (broad SMARTS) is 2. The third-order valence-corrected chi connectivity index (χ3v) is 5.31. The minimum absolute atomic E-state index is 0. The van der Waals surface area contributed by atoms with Gasteiger partial charge in [0.2, 0.25) is 0 Å². The van der Waals surface area contributed by atoms with Crippen molar-refractivity contribution >= 4 is 43.8 Å². The van der Waals surface area contributed by atoms with E-state index in [9.17, 15) is 30.0 Å². The molecule has 0 aliphatic heterocycles. The van der Waals surface area contributed by atoms with Crippen molar-refractivity contribution in [2.24, 2.45) is 0 Å². The number of aliphatic carboxylic acids is 2. The van der Waals surface area contributed by atoms with Crippen LogP contribution in [0, 0.1) is 0 Å². The fraction of sp³-hybridized carbons (Fsp3) is 0.300. The Bertz CT molecular complexity index is 842. The second-order valence-corrected chi connectivity index (χ2v) is 8.59. The van der Waals surface area contributed by atoms with E-state index >= 15 is 0 Å². The Kier molecular flexibility index (Phi) is 11.7. The molecule has 2 rings (SSSR count). The van der Waals surface area contributed by atoms with Crippen LogP contribution in [0.2, 0.25) is 0 Å². The first-order chi connectivity index (χ1) is 14.1. The van der Waals surface area contributed by atoms with Gasteiger partial charge in [-0.05, 0) is 36.4 Å². The molecule has 0 aliphatic rings. The summed E-state index contributed by atoms with van der Waals surface area (Å²) >= 11 is 6.66. The molecule has 0 saturated heterocycles. The monoisotopic (exact) mass is 643 g/mol. The number of rotatable bonds is 11. The quantitative estimate of drug-likeness (QED) is 0.295. The zero-order chi connectivity index (χ0) is 22.3. The maximum atomic E-state index is 11.3. The van der Waals surface area contributed by atoms with Gasteiger partial charge in [-0.3, -0.25) is 19.4 Å². The van der Waals surface area contributed by atoms with E-state index in [4.69, 9.17) is 0 Å². The maximum absolute atomic E-state index is 11.3.